The molecule has 5 heteroatoms. The van der Waals surface area contributed by atoms with Gasteiger partial charge in [-0.3, -0.25) is 4.98 Å². The molecule has 2 aromatic rings. The standard InChI is InChI=1S/C10H12N4S/c1-6(11)8-3-13-10(14-7(8)2)9-4-12-5-15-9/h3-6H,11H2,1-2H3/t6-/m0/s1. The first-order valence-electron chi connectivity index (χ1n) is 4.66. The fourth-order valence-corrected chi connectivity index (χ4v) is 1.93. The smallest absolute Gasteiger partial charge is 0.171 e. The number of hydrogen-bond donors (Lipinski definition) is 1. The summed E-state index contributed by atoms with van der Waals surface area (Å²) in [7, 11) is 0. The summed E-state index contributed by atoms with van der Waals surface area (Å²) in [6, 6.07) is -0.0273. The van der Waals surface area contributed by atoms with Gasteiger partial charge in [-0.2, -0.15) is 0 Å². The lowest BCUT2D eigenvalue weighted by molar-refractivity contribution is 0.790. The third-order valence-electron chi connectivity index (χ3n) is 2.16. The summed E-state index contributed by atoms with van der Waals surface area (Å²) in [6.45, 7) is 3.88. The molecule has 15 heavy (non-hydrogen) atoms. The predicted octanol–water partition coefficient (Wildman–Crippen LogP) is 1.93. The van der Waals surface area contributed by atoms with Crippen molar-refractivity contribution in [2.75, 3.05) is 0 Å². The fraction of sp³-hybridized carbons (Fsp3) is 0.300. The van der Waals surface area contributed by atoms with Gasteiger partial charge in [0.25, 0.3) is 0 Å². The van der Waals surface area contributed by atoms with Crippen LogP contribution in [-0.4, -0.2) is 15.0 Å². The summed E-state index contributed by atoms with van der Waals surface area (Å²) in [5.74, 6) is 0.722. The number of aromatic nitrogens is 3. The van der Waals surface area contributed by atoms with Crippen LogP contribution in [0, 0.1) is 6.92 Å². The third-order valence-corrected chi connectivity index (χ3v) is 2.93. The van der Waals surface area contributed by atoms with Crippen molar-refractivity contribution >= 4 is 11.3 Å². The van der Waals surface area contributed by atoms with Crippen molar-refractivity contribution in [1.82, 2.24) is 15.0 Å². The lowest BCUT2D eigenvalue weighted by atomic mass is 10.1. The van der Waals surface area contributed by atoms with Crippen LogP contribution in [0.25, 0.3) is 10.7 Å². The first-order valence-corrected chi connectivity index (χ1v) is 5.54. The molecular weight excluding hydrogens is 208 g/mol. The monoisotopic (exact) mass is 220 g/mol. The Morgan fingerprint density at radius 1 is 1.40 bits per heavy atom. The van der Waals surface area contributed by atoms with Crippen LogP contribution >= 0.6 is 11.3 Å². The highest BCUT2D eigenvalue weighted by molar-refractivity contribution is 7.13. The summed E-state index contributed by atoms with van der Waals surface area (Å²) in [4.78, 5) is 13.7. The molecule has 1 atom stereocenters. The van der Waals surface area contributed by atoms with E-state index in [-0.39, 0.29) is 6.04 Å². The molecule has 0 aromatic carbocycles. The zero-order valence-corrected chi connectivity index (χ0v) is 9.45. The minimum atomic E-state index is -0.0273. The molecule has 0 fully saturated rings. The van der Waals surface area contributed by atoms with Crippen LogP contribution in [0.4, 0.5) is 0 Å². The average molecular weight is 220 g/mol. The molecule has 0 amide bonds. The average Bonchev–Trinajstić information content (AvgIpc) is 2.69. The van der Waals surface area contributed by atoms with Crippen molar-refractivity contribution in [1.29, 1.82) is 0 Å². The van der Waals surface area contributed by atoms with Gasteiger partial charge in [0.05, 0.1) is 10.4 Å². The zero-order valence-electron chi connectivity index (χ0n) is 8.64. The molecule has 0 saturated heterocycles. The SMILES string of the molecule is Cc1nc(-c2cncs2)ncc1[C@H](C)N. The van der Waals surface area contributed by atoms with E-state index in [1.54, 1.807) is 17.9 Å². The third kappa shape index (κ3) is 2.03. The Bertz CT molecular complexity index is 450. The van der Waals surface area contributed by atoms with Gasteiger partial charge in [-0.25, -0.2) is 9.97 Å². The van der Waals surface area contributed by atoms with Crippen LogP contribution in [0.3, 0.4) is 0 Å². The molecule has 2 aromatic heterocycles. The van der Waals surface area contributed by atoms with Crippen LogP contribution < -0.4 is 5.73 Å². The maximum Gasteiger partial charge on any atom is 0.171 e. The van der Waals surface area contributed by atoms with E-state index in [4.69, 9.17) is 5.73 Å². The Kier molecular flexibility index (Phi) is 2.75. The summed E-state index contributed by atoms with van der Waals surface area (Å²) in [5, 5.41) is 0. The fourth-order valence-electron chi connectivity index (χ4n) is 1.37. The van der Waals surface area contributed by atoms with Gasteiger partial charge in [0.15, 0.2) is 5.82 Å². The first-order chi connectivity index (χ1) is 7.18. The largest absolute Gasteiger partial charge is 0.324 e. The normalized spacial score (nSPS) is 12.7. The van der Waals surface area contributed by atoms with E-state index in [0.717, 1.165) is 22.0 Å². The van der Waals surface area contributed by atoms with Crippen molar-refractivity contribution in [3.05, 3.63) is 29.2 Å². The minimum Gasteiger partial charge on any atom is -0.324 e. The molecule has 4 nitrogen and oxygen atoms in total. The molecule has 0 aliphatic carbocycles. The molecule has 78 valence electrons. The van der Waals surface area contributed by atoms with Crippen LogP contribution in [0.2, 0.25) is 0 Å². The van der Waals surface area contributed by atoms with E-state index in [2.05, 4.69) is 15.0 Å². The summed E-state index contributed by atoms with van der Waals surface area (Å²) < 4.78 is 0. The number of nitrogens with two attached hydrogens (primary N) is 1. The Hall–Kier alpha value is -1.33. The van der Waals surface area contributed by atoms with Gasteiger partial charge in [0.1, 0.15) is 0 Å². The van der Waals surface area contributed by atoms with Crippen molar-refractivity contribution in [3.63, 3.8) is 0 Å². The molecule has 0 radical (unpaired) electrons. The van der Waals surface area contributed by atoms with E-state index >= 15 is 0 Å². The molecule has 0 saturated carbocycles. The predicted molar refractivity (Wildman–Crippen MR) is 60.5 cm³/mol. The maximum atomic E-state index is 5.79. The molecule has 2 N–H and O–H groups in total. The quantitative estimate of drug-likeness (QED) is 0.839. The Morgan fingerprint density at radius 3 is 2.73 bits per heavy atom. The van der Waals surface area contributed by atoms with Crippen LogP contribution in [0.15, 0.2) is 17.9 Å². The Balaban J connectivity index is 2.42. The van der Waals surface area contributed by atoms with E-state index in [9.17, 15) is 0 Å². The van der Waals surface area contributed by atoms with Gasteiger partial charge in [-0.15, -0.1) is 11.3 Å². The van der Waals surface area contributed by atoms with Gasteiger partial charge < -0.3 is 5.73 Å². The lowest BCUT2D eigenvalue weighted by Crippen LogP contribution is -2.09. The number of thiazole rings is 1. The second kappa shape index (κ2) is 4.04. The number of rotatable bonds is 2. The lowest BCUT2D eigenvalue weighted by Gasteiger charge is -2.08. The highest BCUT2D eigenvalue weighted by Crippen LogP contribution is 2.21. The molecule has 2 rings (SSSR count). The van der Waals surface area contributed by atoms with Gasteiger partial charge >= 0.3 is 0 Å². The van der Waals surface area contributed by atoms with E-state index in [1.165, 1.54) is 11.3 Å². The minimum absolute atomic E-state index is 0.0273. The maximum absolute atomic E-state index is 5.79. The molecule has 0 unspecified atom stereocenters. The highest BCUT2D eigenvalue weighted by Gasteiger charge is 2.09. The summed E-state index contributed by atoms with van der Waals surface area (Å²) in [5.41, 5.74) is 9.49. The second-order valence-corrected chi connectivity index (χ2v) is 4.28. The van der Waals surface area contributed by atoms with E-state index < -0.39 is 0 Å². The van der Waals surface area contributed by atoms with Crippen LogP contribution in [0.5, 0.6) is 0 Å². The topological polar surface area (TPSA) is 64.7 Å². The molecule has 0 spiro atoms. The Morgan fingerprint density at radius 2 is 2.20 bits per heavy atom. The molecular formula is C10H12N4S. The van der Waals surface area contributed by atoms with Crippen molar-refractivity contribution in [2.45, 2.75) is 19.9 Å². The number of hydrogen-bond acceptors (Lipinski definition) is 5. The van der Waals surface area contributed by atoms with Gasteiger partial charge in [-0.1, -0.05) is 0 Å². The molecule has 0 aliphatic rings. The Labute approximate surface area is 92.2 Å². The number of aryl methyl sites for hydroxylation is 1. The van der Waals surface area contributed by atoms with Gasteiger partial charge in [0, 0.05) is 29.7 Å². The molecule has 2 heterocycles. The van der Waals surface area contributed by atoms with E-state index in [1.807, 2.05) is 13.8 Å². The number of nitrogens with zero attached hydrogens (tertiary/aromatic N) is 3. The van der Waals surface area contributed by atoms with Crippen molar-refractivity contribution < 1.29 is 0 Å². The van der Waals surface area contributed by atoms with Crippen molar-refractivity contribution in [2.24, 2.45) is 5.73 Å². The van der Waals surface area contributed by atoms with Crippen molar-refractivity contribution in [3.8, 4) is 10.7 Å². The first kappa shape index (κ1) is 10.2. The second-order valence-electron chi connectivity index (χ2n) is 3.39. The molecule has 0 bridgehead atoms. The van der Waals surface area contributed by atoms with Gasteiger partial charge in [0.2, 0.25) is 0 Å². The highest BCUT2D eigenvalue weighted by atomic mass is 32.1. The van der Waals surface area contributed by atoms with E-state index in [0.29, 0.717) is 0 Å². The van der Waals surface area contributed by atoms with Crippen LogP contribution in [-0.2, 0) is 0 Å². The summed E-state index contributed by atoms with van der Waals surface area (Å²) >= 11 is 1.53. The zero-order chi connectivity index (χ0) is 10.8. The summed E-state index contributed by atoms with van der Waals surface area (Å²) in [6.07, 6.45) is 3.56. The van der Waals surface area contributed by atoms with Crippen LogP contribution in [0.1, 0.15) is 24.2 Å². The van der Waals surface area contributed by atoms with Gasteiger partial charge in [-0.05, 0) is 13.8 Å². The molecule has 0 aliphatic heterocycles.